The lowest BCUT2D eigenvalue weighted by Gasteiger charge is -2.13. The zero-order chi connectivity index (χ0) is 33.9. The number of pyridine rings is 1. The summed E-state index contributed by atoms with van der Waals surface area (Å²) >= 11 is 0. The Kier molecular flexibility index (Phi) is 5.44. The van der Waals surface area contributed by atoms with Crippen molar-refractivity contribution in [1.82, 2.24) is 18.7 Å². The van der Waals surface area contributed by atoms with E-state index in [2.05, 4.69) is 171 Å². The first-order chi connectivity index (χ1) is 25.8. The largest absolute Gasteiger partial charge is 0.452 e. The molecule has 5 heteroatoms. The minimum absolute atomic E-state index is 0.769. The maximum atomic E-state index is 6.68. The van der Waals surface area contributed by atoms with Crippen LogP contribution in [0.1, 0.15) is 0 Å². The highest BCUT2D eigenvalue weighted by Gasteiger charge is 2.23. The minimum atomic E-state index is 0.769. The summed E-state index contributed by atoms with van der Waals surface area (Å²) in [5.41, 5.74) is 11.4. The Morgan fingerprint density at radius 1 is 0.365 bits per heavy atom. The van der Waals surface area contributed by atoms with Crippen LogP contribution in [-0.2, 0) is 0 Å². The van der Waals surface area contributed by atoms with E-state index in [0.29, 0.717) is 0 Å². The summed E-state index contributed by atoms with van der Waals surface area (Å²) in [5.74, 6) is 0.840. The van der Waals surface area contributed by atoms with Crippen molar-refractivity contribution in [3.05, 3.63) is 170 Å². The normalized spacial score (nSPS) is 12.2. The molecular weight excluding hydrogens is 637 g/mol. The summed E-state index contributed by atoms with van der Waals surface area (Å²) in [7, 11) is 0. The van der Waals surface area contributed by atoms with Gasteiger partial charge < -0.3 is 13.6 Å². The number of nitrogens with zero attached hydrogens (tertiary/aromatic N) is 4. The van der Waals surface area contributed by atoms with Crippen LogP contribution in [0.5, 0.6) is 0 Å². The lowest BCUT2D eigenvalue weighted by molar-refractivity contribution is 0.665. The average Bonchev–Trinajstić information content (AvgIpc) is 3.94. The van der Waals surface area contributed by atoms with Crippen LogP contribution in [0.4, 0.5) is 0 Å². The first-order valence-electron chi connectivity index (χ1n) is 17.6. The summed E-state index contributed by atoms with van der Waals surface area (Å²) in [6, 6.07) is 60.5. The summed E-state index contributed by atoms with van der Waals surface area (Å²) in [6.45, 7) is 0. The van der Waals surface area contributed by atoms with Gasteiger partial charge in [-0.1, -0.05) is 103 Å². The molecule has 242 valence electrons. The van der Waals surface area contributed by atoms with E-state index in [1.165, 1.54) is 43.4 Å². The fourth-order valence-electron chi connectivity index (χ4n) is 8.66. The highest BCUT2D eigenvalue weighted by Crippen LogP contribution is 2.41. The van der Waals surface area contributed by atoms with Crippen molar-refractivity contribution in [2.75, 3.05) is 0 Å². The highest BCUT2D eigenvalue weighted by molar-refractivity contribution is 6.14. The molecule has 52 heavy (non-hydrogen) atoms. The molecule has 12 rings (SSSR count). The van der Waals surface area contributed by atoms with Gasteiger partial charge in [-0.25, -0.2) is 4.98 Å². The second-order valence-electron chi connectivity index (χ2n) is 13.6. The van der Waals surface area contributed by atoms with Gasteiger partial charge in [0.25, 0.3) is 0 Å². The quantitative estimate of drug-likeness (QED) is 0.189. The smallest absolute Gasteiger partial charge is 0.178 e. The zero-order valence-electron chi connectivity index (χ0n) is 27.9. The fourth-order valence-corrected chi connectivity index (χ4v) is 8.66. The molecule has 7 aromatic carbocycles. The Bertz CT molecular complexity index is 3320. The van der Waals surface area contributed by atoms with E-state index in [1.54, 1.807) is 0 Å². The number of aromatic nitrogens is 4. The van der Waals surface area contributed by atoms with E-state index in [-0.39, 0.29) is 0 Å². The standard InChI is InChI=1S/C47H28N4O/c1-7-19-37-30(13-1)31-14-2-8-20-38(31)49(37)29-25-26-42-36(27-29)34-17-5-11-23-41(34)51(42)45-28-43(47-46(48-45)35-18-6-12-24-44(35)52-47)50-39-21-9-3-15-32(39)33-16-4-10-22-40(33)50/h1-28H. The maximum absolute atomic E-state index is 6.68. The van der Waals surface area contributed by atoms with Gasteiger partial charge in [-0.3, -0.25) is 4.57 Å². The van der Waals surface area contributed by atoms with Crippen LogP contribution in [0.3, 0.4) is 0 Å². The second kappa shape index (κ2) is 10.2. The van der Waals surface area contributed by atoms with Gasteiger partial charge in [0.05, 0.1) is 38.8 Å². The number of para-hydroxylation sites is 6. The van der Waals surface area contributed by atoms with Gasteiger partial charge in [-0.15, -0.1) is 0 Å². The Labute approximate surface area is 296 Å². The van der Waals surface area contributed by atoms with Crippen molar-refractivity contribution in [2.24, 2.45) is 0 Å². The van der Waals surface area contributed by atoms with Crippen molar-refractivity contribution < 1.29 is 4.42 Å². The van der Waals surface area contributed by atoms with Crippen molar-refractivity contribution in [3.8, 4) is 17.2 Å². The number of rotatable bonds is 3. The van der Waals surface area contributed by atoms with Crippen molar-refractivity contribution in [2.45, 2.75) is 0 Å². The number of benzene rings is 7. The first kappa shape index (κ1) is 27.7. The molecule has 0 spiro atoms. The molecule has 0 bridgehead atoms. The summed E-state index contributed by atoms with van der Waals surface area (Å²) in [6.07, 6.45) is 0. The Balaban J connectivity index is 1.19. The zero-order valence-corrected chi connectivity index (χ0v) is 27.9. The van der Waals surface area contributed by atoms with E-state index in [0.717, 1.165) is 61.3 Å². The van der Waals surface area contributed by atoms with Gasteiger partial charge >= 0.3 is 0 Å². The molecule has 0 saturated carbocycles. The predicted molar refractivity (Wildman–Crippen MR) is 215 cm³/mol. The number of fused-ring (bicyclic) bond motifs is 12. The van der Waals surface area contributed by atoms with Gasteiger partial charge in [-0.2, -0.15) is 0 Å². The molecule has 0 atom stereocenters. The van der Waals surface area contributed by atoms with Gasteiger partial charge in [0.1, 0.15) is 16.9 Å². The van der Waals surface area contributed by atoms with E-state index >= 15 is 0 Å². The molecule has 12 aromatic rings. The topological polar surface area (TPSA) is 40.8 Å². The minimum Gasteiger partial charge on any atom is -0.452 e. The molecule has 0 unspecified atom stereocenters. The van der Waals surface area contributed by atoms with Crippen molar-refractivity contribution >= 4 is 87.5 Å². The molecule has 5 heterocycles. The van der Waals surface area contributed by atoms with E-state index in [9.17, 15) is 0 Å². The molecule has 0 amide bonds. The molecule has 5 nitrogen and oxygen atoms in total. The number of hydrogen-bond acceptors (Lipinski definition) is 2. The van der Waals surface area contributed by atoms with Gasteiger partial charge in [0.15, 0.2) is 5.58 Å². The van der Waals surface area contributed by atoms with Crippen molar-refractivity contribution in [3.63, 3.8) is 0 Å². The molecule has 0 fully saturated rings. The lowest BCUT2D eigenvalue weighted by atomic mass is 10.1. The van der Waals surface area contributed by atoms with Gasteiger partial charge in [0, 0.05) is 49.5 Å². The molecule has 5 aromatic heterocycles. The SMILES string of the molecule is c1ccc2c(c1)oc1c(-n3c4ccccc4c4ccccc43)cc(-n3c4ccccc4c4cc(-n5c6ccccc6c6ccccc65)ccc43)nc12. The third-order valence-corrected chi connectivity index (χ3v) is 10.8. The Morgan fingerprint density at radius 3 is 1.38 bits per heavy atom. The Morgan fingerprint density at radius 2 is 0.808 bits per heavy atom. The molecule has 0 N–H and O–H groups in total. The monoisotopic (exact) mass is 664 g/mol. The average molecular weight is 665 g/mol. The fraction of sp³-hybridized carbons (Fsp3) is 0. The van der Waals surface area contributed by atoms with Crippen LogP contribution in [0.25, 0.3) is 105 Å². The Hall–Kier alpha value is -7.11. The van der Waals surface area contributed by atoms with Crippen LogP contribution in [0, 0.1) is 0 Å². The molecule has 0 radical (unpaired) electrons. The molecule has 0 saturated heterocycles. The summed E-state index contributed by atoms with van der Waals surface area (Å²) in [4.78, 5) is 5.44. The maximum Gasteiger partial charge on any atom is 0.178 e. The third kappa shape index (κ3) is 3.64. The molecular formula is C47H28N4O. The first-order valence-corrected chi connectivity index (χ1v) is 17.6. The van der Waals surface area contributed by atoms with E-state index in [1.807, 2.05) is 12.1 Å². The number of furan rings is 1. The predicted octanol–water partition coefficient (Wildman–Crippen LogP) is 12.3. The third-order valence-electron chi connectivity index (χ3n) is 10.8. The summed E-state index contributed by atoms with van der Waals surface area (Å²) < 4.78 is 13.7. The lowest BCUT2D eigenvalue weighted by Crippen LogP contribution is -2.02. The number of hydrogen-bond donors (Lipinski definition) is 0. The van der Waals surface area contributed by atoms with Crippen LogP contribution in [0.15, 0.2) is 174 Å². The molecule has 0 aliphatic heterocycles. The van der Waals surface area contributed by atoms with Gasteiger partial charge in [-0.05, 0) is 60.7 Å². The van der Waals surface area contributed by atoms with Crippen LogP contribution in [-0.4, -0.2) is 18.7 Å². The van der Waals surface area contributed by atoms with E-state index in [4.69, 9.17) is 9.40 Å². The van der Waals surface area contributed by atoms with Gasteiger partial charge in [0.2, 0.25) is 0 Å². The van der Waals surface area contributed by atoms with E-state index < -0.39 is 0 Å². The second-order valence-corrected chi connectivity index (χ2v) is 13.6. The highest BCUT2D eigenvalue weighted by atomic mass is 16.3. The van der Waals surface area contributed by atoms with Crippen LogP contribution in [0.2, 0.25) is 0 Å². The van der Waals surface area contributed by atoms with Crippen molar-refractivity contribution in [1.29, 1.82) is 0 Å². The molecule has 0 aliphatic rings. The summed E-state index contributed by atoms with van der Waals surface area (Å²) in [5, 5.41) is 8.26. The molecule has 0 aliphatic carbocycles. The van der Waals surface area contributed by atoms with Crippen LogP contribution >= 0.6 is 0 Å². The van der Waals surface area contributed by atoms with Crippen LogP contribution < -0.4 is 0 Å².